The molecule has 156 valence electrons. The zero-order valence-electron chi connectivity index (χ0n) is 16.7. The van der Waals surface area contributed by atoms with Crippen LogP contribution < -0.4 is 10.2 Å². The third-order valence-corrected chi connectivity index (χ3v) is 5.93. The molecular formula is C21H21F2N5OS. The molecule has 0 atom stereocenters. The lowest BCUT2D eigenvalue weighted by Gasteiger charge is -2.23. The van der Waals surface area contributed by atoms with Gasteiger partial charge in [-0.3, -0.25) is 9.48 Å². The zero-order valence-corrected chi connectivity index (χ0v) is 17.5. The van der Waals surface area contributed by atoms with Crippen LogP contribution in [0.2, 0.25) is 0 Å². The number of hydrogen-bond donors (Lipinski definition) is 1. The molecule has 3 heterocycles. The zero-order chi connectivity index (χ0) is 21.3. The second kappa shape index (κ2) is 8.35. The monoisotopic (exact) mass is 429 g/mol. The molecule has 1 aliphatic heterocycles. The average molecular weight is 429 g/mol. The van der Waals surface area contributed by atoms with Crippen LogP contribution in [-0.2, 0) is 7.05 Å². The van der Waals surface area contributed by atoms with Crippen LogP contribution in [0, 0.1) is 18.6 Å². The quantitative estimate of drug-likeness (QED) is 0.619. The minimum Gasteiger partial charge on any atom is -0.354 e. The summed E-state index contributed by atoms with van der Waals surface area (Å²) in [5.41, 5.74) is 0.504. The SMILES string of the molecule is Cc1sc(-c2c(F)cccc2F)nc1C(=O)Nc1cnn(C)c1N1CCC=CCC1. The molecule has 0 saturated carbocycles. The van der Waals surface area contributed by atoms with Crippen molar-refractivity contribution in [2.45, 2.75) is 19.8 Å². The van der Waals surface area contributed by atoms with Gasteiger partial charge in [-0.2, -0.15) is 5.10 Å². The van der Waals surface area contributed by atoms with E-state index in [0.29, 0.717) is 10.6 Å². The summed E-state index contributed by atoms with van der Waals surface area (Å²) in [6, 6.07) is 3.64. The summed E-state index contributed by atoms with van der Waals surface area (Å²) in [4.78, 5) is 19.9. The number of anilines is 2. The summed E-state index contributed by atoms with van der Waals surface area (Å²) in [6.45, 7) is 3.36. The molecule has 0 unspecified atom stereocenters. The molecule has 1 aromatic carbocycles. The Bertz CT molecular complexity index is 1090. The van der Waals surface area contributed by atoms with E-state index in [-0.39, 0.29) is 16.3 Å². The second-order valence-electron chi connectivity index (χ2n) is 7.02. The fraction of sp³-hybridized carbons (Fsp3) is 0.286. The van der Waals surface area contributed by atoms with E-state index in [1.54, 1.807) is 17.8 Å². The number of aromatic nitrogens is 3. The van der Waals surface area contributed by atoms with Crippen LogP contribution in [0.4, 0.5) is 20.3 Å². The van der Waals surface area contributed by atoms with Crippen molar-refractivity contribution >= 4 is 28.7 Å². The number of benzene rings is 1. The number of nitrogens with zero attached hydrogens (tertiary/aromatic N) is 4. The Kier molecular flexibility index (Phi) is 5.63. The Morgan fingerprint density at radius 2 is 1.83 bits per heavy atom. The number of amides is 1. The Balaban J connectivity index is 1.61. The standard InChI is InChI=1S/C21H21F2N5OS/c1-13-18(26-20(30-13)17-14(22)8-7-9-15(17)23)19(29)25-16-12-24-27(2)21(16)28-10-5-3-4-6-11-28/h3-4,7-9,12H,5-6,10-11H2,1-2H3,(H,25,29). The molecule has 30 heavy (non-hydrogen) atoms. The minimum absolute atomic E-state index is 0.137. The fourth-order valence-electron chi connectivity index (χ4n) is 3.51. The average Bonchev–Trinajstić information content (AvgIpc) is 3.13. The highest BCUT2D eigenvalue weighted by molar-refractivity contribution is 7.15. The maximum Gasteiger partial charge on any atom is 0.275 e. The number of nitrogens with one attached hydrogen (secondary N) is 1. The predicted octanol–water partition coefficient (Wildman–Crippen LogP) is 4.54. The summed E-state index contributed by atoms with van der Waals surface area (Å²) >= 11 is 1.08. The van der Waals surface area contributed by atoms with Gasteiger partial charge in [0.1, 0.15) is 28.0 Å². The molecule has 6 nitrogen and oxygen atoms in total. The highest BCUT2D eigenvalue weighted by atomic mass is 32.1. The first-order valence-electron chi connectivity index (χ1n) is 9.61. The molecule has 2 aromatic heterocycles. The Labute approximate surface area is 176 Å². The molecule has 0 spiro atoms. The van der Waals surface area contributed by atoms with Crippen LogP contribution >= 0.6 is 11.3 Å². The Morgan fingerprint density at radius 1 is 1.17 bits per heavy atom. The smallest absolute Gasteiger partial charge is 0.275 e. The summed E-state index contributed by atoms with van der Waals surface area (Å²) in [7, 11) is 1.83. The Morgan fingerprint density at radius 3 is 2.50 bits per heavy atom. The molecule has 0 fully saturated rings. The third-order valence-electron chi connectivity index (χ3n) is 4.94. The number of rotatable bonds is 4. The highest BCUT2D eigenvalue weighted by Gasteiger charge is 2.23. The number of carbonyl (C=O) groups excluding carboxylic acids is 1. The van der Waals surface area contributed by atoms with Gasteiger partial charge in [0.05, 0.1) is 11.8 Å². The van der Waals surface area contributed by atoms with Gasteiger partial charge in [-0.25, -0.2) is 13.8 Å². The van der Waals surface area contributed by atoms with Crippen LogP contribution in [0.15, 0.2) is 36.5 Å². The van der Waals surface area contributed by atoms with Gasteiger partial charge in [-0.05, 0) is 31.9 Å². The van der Waals surface area contributed by atoms with Crippen molar-refractivity contribution in [3.63, 3.8) is 0 Å². The van der Waals surface area contributed by atoms with E-state index < -0.39 is 17.5 Å². The fourth-order valence-corrected chi connectivity index (χ4v) is 4.47. The predicted molar refractivity (Wildman–Crippen MR) is 114 cm³/mol. The van der Waals surface area contributed by atoms with Crippen molar-refractivity contribution in [1.82, 2.24) is 14.8 Å². The van der Waals surface area contributed by atoms with E-state index in [0.717, 1.165) is 43.1 Å². The maximum atomic E-state index is 14.1. The molecule has 1 amide bonds. The van der Waals surface area contributed by atoms with Crippen LogP contribution in [-0.4, -0.2) is 33.8 Å². The van der Waals surface area contributed by atoms with E-state index in [4.69, 9.17) is 0 Å². The molecule has 0 saturated heterocycles. The van der Waals surface area contributed by atoms with Crippen molar-refractivity contribution < 1.29 is 13.6 Å². The third kappa shape index (κ3) is 3.85. The van der Waals surface area contributed by atoms with Gasteiger partial charge in [-0.15, -0.1) is 11.3 Å². The maximum absolute atomic E-state index is 14.1. The molecule has 4 rings (SSSR count). The Hall–Kier alpha value is -3.07. The normalized spacial score (nSPS) is 14.1. The van der Waals surface area contributed by atoms with Gasteiger partial charge in [0.15, 0.2) is 5.82 Å². The van der Waals surface area contributed by atoms with Crippen molar-refractivity contribution in [2.75, 3.05) is 23.3 Å². The van der Waals surface area contributed by atoms with Crippen molar-refractivity contribution in [1.29, 1.82) is 0 Å². The summed E-state index contributed by atoms with van der Waals surface area (Å²) in [6.07, 6.45) is 7.74. The van der Waals surface area contributed by atoms with Crippen molar-refractivity contribution in [3.8, 4) is 10.6 Å². The lowest BCUT2D eigenvalue weighted by Crippen LogP contribution is -2.27. The molecule has 9 heteroatoms. The number of aryl methyl sites for hydroxylation is 2. The van der Waals surface area contributed by atoms with Crippen LogP contribution in [0.5, 0.6) is 0 Å². The highest BCUT2D eigenvalue weighted by Crippen LogP contribution is 2.33. The molecule has 1 aliphatic rings. The summed E-state index contributed by atoms with van der Waals surface area (Å²) in [5, 5.41) is 7.30. The van der Waals surface area contributed by atoms with Gasteiger partial charge in [0.2, 0.25) is 0 Å². The minimum atomic E-state index is -0.708. The molecular weight excluding hydrogens is 408 g/mol. The largest absolute Gasteiger partial charge is 0.354 e. The molecule has 0 bridgehead atoms. The van der Waals surface area contributed by atoms with Crippen molar-refractivity contribution in [3.05, 3.63) is 58.8 Å². The number of carbonyl (C=O) groups is 1. The van der Waals surface area contributed by atoms with Crippen LogP contribution in [0.25, 0.3) is 10.6 Å². The van der Waals surface area contributed by atoms with Crippen molar-refractivity contribution in [2.24, 2.45) is 7.05 Å². The first-order chi connectivity index (χ1) is 14.5. The van der Waals surface area contributed by atoms with Gasteiger partial charge < -0.3 is 10.2 Å². The van der Waals surface area contributed by atoms with E-state index in [2.05, 4.69) is 32.5 Å². The van der Waals surface area contributed by atoms with Gasteiger partial charge in [-0.1, -0.05) is 18.2 Å². The summed E-state index contributed by atoms with van der Waals surface area (Å²) in [5.74, 6) is -1.03. The topological polar surface area (TPSA) is 63.1 Å². The molecule has 0 radical (unpaired) electrons. The molecule has 0 aliphatic carbocycles. The van der Waals surface area contributed by atoms with E-state index in [1.165, 1.54) is 18.2 Å². The first kappa shape index (κ1) is 20.2. The first-order valence-corrected chi connectivity index (χ1v) is 10.4. The molecule has 1 N–H and O–H groups in total. The van der Waals surface area contributed by atoms with Gasteiger partial charge in [0, 0.05) is 25.0 Å². The van der Waals surface area contributed by atoms with E-state index >= 15 is 0 Å². The van der Waals surface area contributed by atoms with Crippen LogP contribution in [0.3, 0.4) is 0 Å². The van der Waals surface area contributed by atoms with E-state index in [1.807, 2.05) is 7.05 Å². The van der Waals surface area contributed by atoms with Gasteiger partial charge >= 0.3 is 0 Å². The van der Waals surface area contributed by atoms with Crippen LogP contribution in [0.1, 0.15) is 28.2 Å². The lowest BCUT2D eigenvalue weighted by molar-refractivity contribution is 0.102. The summed E-state index contributed by atoms with van der Waals surface area (Å²) < 4.78 is 30.0. The number of halogens is 2. The van der Waals surface area contributed by atoms with Gasteiger partial charge in [0.25, 0.3) is 5.91 Å². The number of thiazole rings is 1. The second-order valence-corrected chi connectivity index (χ2v) is 8.22. The number of hydrogen-bond acceptors (Lipinski definition) is 5. The van der Waals surface area contributed by atoms with E-state index in [9.17, 15) is 13.6 Å². The molecule has 3 aromatic rings. The lowest BCUT2D eigenvalue weighted by atomic mass is 10.2.